The number of hydrogen-bond acceptors (Lipinski definition) is 4. The standard InChI is InChI=1S/C14H10ClN5O/c15-13-8-16-12(7-17-13)14(21)19-10-3-1-9(2-4-10)11-5-6-18-20-11/h1-8H,(H,18,20)(H,19,21). The SMILES string of the molecule is O=C(Nc1ccc(-c2ccn[nH]2)cc1)c1cnc(Cl)cn1. The minimum Gasteiger partial charge on any atom is -0.321 e. The van der Waals surface area contributed by atoms with E-state index >= 15 is 0 Å². The number of nitrogens with one attached hydrogen (secondary N) is 2. The van der Waals surface area contributed by atoms with Crippen molar-refractivity contribution in [1.82, 2.24) is 20.2 Å². The molecule has 7 heteroatoms. The fraction of sp³-hybridized carbons (Fsp3) is 0. The van der Waals surface area contributed by atoms with Crippen molar-refractivity contribution in [3.05, 3.63) is 59.8 Å². The van der Waals surface area contributed by atoms with Crippen molar-refractivity contribution < 1.29 is 4.79 Å². The molecule has 0 unspecified atom stereocenters. The van der Waals surface area contributed by atoms with Crippen LogP contribution in [0.4, 0.5) is 5.69 Å². The second-order valence-corrected chi connectivity index (χ2v) is 4.61. The van der Waals surface area contributed by atoms with E-state index in [0.29, 0.717) is 5.69 Å². The maximum Gasteiger partial charge on any atom is 0.275 e. The first-order chi connectivity index (χ1) is 10.2. The predicted octanol–water partition coefficient (Wildman–Crippen LogP) is 2.77. The average molecular weight is 300 g/mol. The predicted molar refractivity (Wildman–Crippen MR) is 79.0 cm³/mol. The molecule has 0 saturated heterocycles. The molecule has 3 aromatic rings. The van der Waals surface area contributed by atoms with Crippen LogP contribution in [0.1, 0.15) is 10.5 Å². The van der Waals surface area contributed by atoms with Crippen LogP contribution in [0.25, 0.3) is 11.3 Å². The van der Waals surface area contributed by atoms with Gasteiger partial charge in [0.1, 0.15) is 10.8 Å². The molecule has 0 radical (unpaired) electrons. The van der Waals surface area contributed by atoms with E-state index in [1.165, 1.54) is 12.4 Å². The zero-order valence-corrected chi connectivity index (χ0v) is 11.5. The van der Waals surface area contributed by atoms with Crippen LogP contribution < -0.4 is 5.32 Å². The third kappa shape index (κ3) is 3.06. The molecule has 0 saturated carbocycles. The van der Waals surface area contributed by atoms with Gasteiger partial charge in [-0.3, -0.25) is 9.89 Å². The Bertz CT molecular complexity index is 738. The summed E-state index contributed by atoms with van der Waals surface area (Å²) in [6, 6.07) is 9.25. The molecule has 0 aliphatic carbocycles. The van der Waals surface area contributed by atoms with Gasteiger partial charge in [0.05, 0.1) is 18.1 Å². The molecule has 1 amide bonds. The molecule has 0 spiro atoms. The summed E-state index contributed by atoms with van der Waals surface area (Å²) in [6.07, 6.45) is 4.35. The summed E-state index contributed by atoms with van der Waals surface area (Å²) in [7, 11) is 0. The summed E-state index contributed by atoms with van der Waals surface area (Å²) in [5.74, 6) is -0.339. The molecule has 0 fully saturated rings. The molecule has 3 rings (SSSR count). The number of anilines is 1. The highest BCUT2D eigenvalue weighted by Gasteiger charge is 2.08. The topological polar surface area (TPSA) is 83.6 Å². The fourth-order valence-corrected chi connectivity index (χ4v) is 1.87. The van der Waals surface area contributed by atoms with E-state index in [1.54, 1.807) is 18.3 Å². The largest absolute Gasteiger partial charge is 0.321 e. The first-order valence-electron chi connectivity index (χ1n) is 6.11. The van der Waals surface area contributed by atoms with Crippen LogP contribution in [0.2, 0.25) is 5.15 Å². The van der Waals surface area contributed by atoms with Gasteiger partial charge in [0.25, 0.3) is 5.91 Å². The summed E-state index contributed by atoms with van der Waals surface area (Å²) in [6.45, 7) is 0. The third-order valence-electron chi connectivity index (χ3n) is 2.81. The Hall–Kier alpha value is -2.73. The Labute approximate surface area is 125 Å². The Morgan fingerprint density at radius 1 is 1.10 bits per heavy atom. The van der Waals surface area contributed by atoms with Crippen LogP contribution in [-0.2, 0) is 0 Å². The zero-order valence-electron chi connectivity index (χ0n) is 10.7. The number of aromatic amines is 1. The maximum atomic E-state index is 12.0. The van der Waals surface area contributed by atoms with Crippen LogP contribution in [0.3, 0.4) is 0 Å². The fourth-order valence-electron chi connectivity index (χ4n) is 1.77. The number of halogens is 1. The van der Waals surface area contributed by atoms with Crippen molar-refractivity contribution in [2.45, 2.75) is 0 Å². The van der Waals surface area contributed by atoms with Crippen LogP contribution in [0.5, 0.6) is 0 Å². The molecular weight excluding hydrogens is 290 g/mol. The van der Waals surface area contributed by atoms with Crippen LogP contribution in [0, 0.1) is 0 Å². The van der Waals surface area contributed by atoms with Gasteiger partial charge in [-0.15, -0.1) is 0 Å². The summed E-state index contributed by atoms with van der Waals surface area (Å²) in [4.78, 5) is 19.7. The molecule has 0 aliphatic rings. The Balaban J connectivity index is 1.73. The molecule has 0 aliphatic heterocycles. The minimum atomic E-state index is -0.339. The molecule has 104 valence electrons. The van der Waals surface area contributed by atoms with E-state index in [0.717, 1.165) is 11.3 Å². The number of carbonyl (C=O) groups is 1. The lowest BCUT2D eigenvalue weighted by Crippen LogP contribution is -2.13. The zero-order chi connectivity index (χ0) is 14.7. The van der Waals surface area contributed by atoms with Gasteiger partial charge < -0.3 is 5.32 Å². The van der Waals surface area contributed by atoms with Crippen LogP contribution >= 0.6 is 11.6 Å². The first kappa shape index (κ1) is 13.3. The number of rotatable bonds is 3. The minimum absolute atomic E-state index is 0.206. The number of carbonyl (C=O) groups excluding carboxylic acids is 1. The van der Waals surface area contributed by atoms with E-state index in [-0.39, 0.29) is 16.8 Å². The summed E-state index contributed by atoms with van der Waals surface area (Å²) in [5, 5.41) is 9.76. The van der Waals surface area contributed by atoms with Crippen LogP contribution in [-0.4, -0.2) is 26.1 Å². The number of amides is 1. The van der Waals surface area contributed by atoms with Crippen LogP contribution in [0.15, 0.2) is 48.9 Å². The highest BCUT2D eigenvalue weighted by atomic mass is 35.5. The molecule has 0 atom stereocenters. The monoisotopic (exact) mass is 299 g/mol. The van der Waals surface area contributed by atoms with Gasteiger partial charge in [-0.1, -0.05) is 23.7 Å². The molecule has 1 aromatic carbocycles. The van der Waals surface area contributed by atoms with Crippen molar-refractivity contribution in [2.75, 3.05) is 5.32 Å². The molecule has 2 aromatic heterocycles. The van der Waals surface area contributed by atoms with Crippen molar-refractivity contribution in [3.8, 4) is 11.3 Å². The third-order valence-corrected chi connectivity index (χ3v) is 3.00. The lowest BCUT2D eigenvalue weighted by Gasteiger charge is -2.05. The lowest BCUT2D eigenvalue weighted by atomic mass is 10.1. The molecule has 21 heavy (non-hydrogen) atoms. The normalized spacial score (nSPS) is 10.3. The lowest BCUT2D eigenvalue weighted by molar-refractivity contribution is 0.102. The van der Waals surface area contributed by atoms with Gasteiger partial charge in [-0.05, 0) is 23.8 Å². The van der Waals surface area contributed by atoms with Crippen molar-refractivity contribution in [1.29, 1.82) is 0 Å². The summed E-state index contributed by atoms with van der Waals surface area (Å²) >= 11 is 5.63. The maximum absolute atomic E-state index is 12.0. The van der Waals surface area contributed by atoms with E-state index < -0.39 is 0 Å². The number of benzene rings is 1. The van der Waals surface area contributed by atoms with Gasteiger partial charge in [-0.25, -0.2) is 9.97 Å². The molecule has 2 N–H and O–H groups in total. The van der Waals surface area contributed by atoms with Gasteiger partial charge in [0.2, 0.25) is 0 Å². The summed E-state index contributed by atoms with van der Waals surface area (Å²) < 4.78 is 0. The van der Waals surface area contributed by atoms with Gasteiger partial charge in [-0.2, -0.15) is 5.10 Å². The number of aromatic nitrogens is 4. The molecule has 6 nitrogen and oxygen atoms in total. The molecule has 0 bridgehead atoms. The quantitative estimate of drug-likeness (QED) is 0.779. The van der Waals surface area contributed by atoms with Gasteiger partial charge in [0.15, 0.2) is 0 Å². The van der Waals surface area contributed by atoms with Crippen molar-refractivity contribution >= 4 is 23.2 Å². The summed E-state index contributed by atoms with van der Waals surface area (Å²) in [5.41, 5.74) is 2.77. The van der Waals surface area contributed by atoms with Gasteiger partial charge in [0, 0.05) is 11.9 Å². The molecule has 2 heterocycles. The first-order valence-corrected chi connectivity index (χ1v) is 6.49. The average Bonchev–Trinajstić information content (AvgIpc) is 3.03. The van der Waals surface area contributed by atoms with E-state index in [2.05, 4.69) is 25.5 Å². The Kier molecular flexibility index (Phi) is 3.61. The second-order valence-electron chi connectivity index (χ2n) is 4.23. The van der Waals surface area contributed by atoms with Crippen molar-refractivity contribution in [3.63, 3.8) is 0 Å². The van der Waals surface area contributed by atoms with E-state index in [1.807, 2.05) is 18.2 Å². The molecular formula is C14H10ClN5O. The highest BCUT2D eigenvalue weighted by Crippen LogP contribution is 2.19. The highest BCUT2D eigenvalue weighted by molar-refractivity contribution is 6.29. The second kappa shape index (κ2) is 5.72. The van der Waals surface area contributed by atoms with Gasteiger partial charge >= 0.3 is 0 Å². The van der Waals surface area contributed by atoms with E-state index in [4.69, 9.17) is 11.6 Å². The number of nitrogens with zero attached hydrogens (tertiary/aromatic N) is 3. The number of hydrogen-bond donors (Lipinski definition) is 2. The Morgan fingerprint density at radius 3 is 2.52 bits per heavy atom. The van der Waals surface area contributed by atoms with Crippen molar-refractivity contribution in [2.24, 2.45) is 0 Å². The Morgan fingerprint density at radius 2 is 1.90 bits per heavy atom. The number of H-pyrrole nitrogens is 1. The smallest absolute Gasteiger partial charge is 0.275 e. The van der Waals surface area contributed by atoms with E-state index in [9.17, 15) is 4.79 Å².